The fraction of sp³-hybridized carbons (Fsp3) is 0.636. The maximum Gasteiger partial charge on any atom is 0.271 e. The van der Waals surface area contributed by atoms with E-state index in [-0.39, 0.29) is 5.91 Å². The Hall–Kier alpha value is -1.52. The summed E-state index contributed by atoms with van der Waals surface area (Å²) in [5.74, 6) is 0.450. The molecule has 0 bridgehead atoms. The van der Waals surface area contributed by atoms with Crippen molar-refractivity contribution in [3.05, 3.63) is 11.9 Å². The molecule has 5 heteroatoms. The van der Waals surface area contributed by atoms with Crippen LogP contribution >= 0.6 is 0 Å². The van der Waals surface area contributed by atoms with Crippen molar-refractivity contribution >= 4 is 11.6 Å². The number of nitrogens with two attached hydrogens (primary N) is 1. The highest BCUT2D eigenvalue weighted by molar-refractivity contribution is 5.97. The molecule has 0 spiro atoms. The van der Waals surface area contributed by atoms with Gasteiger partial charge in [0.05, 0.1) is 11.9 Å². The topological polar surface area (TPSA) is 72.9 Å². The smallest absolute Gasteiger partial charge is 0.271 e. The number of nitrogen functional groups attached to an aromatic ring is 1. The lowest BCUT2D eigenvalue weighted by atomic mass is 10.1. The number of hydrogen-bond acceptors (Lipinski definition) is 3. The van der Waals surface area contributed by atoms with Gasteiger partial charge in [-0.2, -0.15) is 5.10 Å². The average molecular weight is 222 g/mol. The van der Waals surface area contributed by atoms with Crippen LogP contribution in [0.3, 0.4) is 0 Å². The van der Waals surface area contributed by atoms with Crippen molar-refractivity contribution in [2.24, 2.45) is 18.4 Å². The van der Waals surface area contributed by atoms with E-state index in [4.69, 9.17) is 5.73 Å². The lowest BCUT2D eigenvalue weighted by molar-refractivity contribution is 0.0942. The van der Waals surface area contributed by atoms with Gasteiger partial charge in [-0.05, 0) is 17.8 Å². The molecule has 1 aromatic heterocycles. The summed E-state index contributed by atoms with van der Waals surface area (Å²) in [5.41, 5.74) is 6.92. The highest BCUT2D eigenvalue weighted by Gasteiger charge is 2.45. The van der Waals surface area contributed by atoms with Crippen molar-refractivity contribution in [2.45, 2.75) is 20.3 Å². The average Bonchev–Trinajstić information content (AvgIpc) is 2.66. The van der Waals surface area contributed by atoms with Gasteiger partial charge in [0.25, 0.3) is 5.91 Å². The van der Waals surface area contributed by atoms with Crippen molar-refractivity contribution in [3.8, 4) is 0 Å². The summed E-state index contributed by atoms with van der Waals surface area (Å²) in [6.45, 7) is 5.14. The maximum atomic E-state index is 11.8. The van der Waals surface area contributed by atoms with E-state index in [1.165, 1.54) is 17.3 Å². The van der Waals surface area contributed by atoms with Crippen LogP contribution in [0, 0.1) is 11.3 Å². The molecule has 1 fully saturated rings. The molecule has 1 saturated carbocycles. The first-order valence-corrected chi connectivity index (χ1v) is 5.47. The number of amides is 1. The molecular weight excluding hydrogens is 204 g/mol. The highest BCUT2D eigenvalue weighted by Crippen LogP contribution is 2.50. The SMILES string of the molecule is Cn1ncc(N)c1C(=O)NCC1CC1(C)C. The van der Waals surface area contributed by atoms with Crippen LogP contribution in [0.2, 0.25) is 0 Å². The minimum absolute atomic E-state index is 0.139. The van der Waals surface area contributed by atoms with Gasteiger partial charge in [-0.1, -0.05) is 13.8 Å². The van der Waals surface area contributed by atoms with Gasteiger partial charge in [-0.25, -0.2) is 0 Å². The molecule has 1 aromatic rings. The third kappa shape index (κ3) is 1.89. The quantitative estimate of drug-likeness (QED) is 0.793. The first-order chi connectivity index (χ1) is 7.42. The van der Waals surface area contributed by atoms with E-state index >= 15 is 0 Å². The number of hydrogen-bond donors (Lipinski definition) is 2. The third-order valence-electron chi connectivity index (χ3n) is 3.41. The Morgan fingerprint density at radius 2 is 2.38 bits per heavy atom. The summed E-state index contributed by atoms with van der Waals surface area (Å²) >= 11 is 0. The predicted molar refractivity (Wildman–Crippen MR) is 61.8 cm³/mol. The summed E-state index contributed by atoms with van der Waals surface area (Å²) < 4.78 is 1.50. The van der Waals surface area contributed by atoms with E-state index in [2.05, 4.69) is 24.3 Å². The van der Waals surface area contributed by atoms with Crippen molar-refractivity contribution in [2.75, 3.05) is 12.3 Å². The number of carbonyl (C=O) groups excluding carboxylic acids is 1. The van der Waals surface area contributed by atoms with Gasteiger partial charge in [0.15, 0.2) is 0 Å². The Morgan fingerprint density at radius 1 is 1.75 bits per heavy atom. The van der Waals surface area contributed by atoms with Crippen molar-refractivity contribution in [1.82, 2.24) is 15.1 Å². The Morgan fingerprint density at radius 3 is 2.81 bits per heavy atom. The van der Waals surface area contributed by atoms with Gasteiger partial charge in [-0.15, -0.1) is 0 Å². The van der Waals surface area contributed by atoms with Crippen LogP contribution in [0.25, 0.3) is 0 Å². The van der Waals surface area contributed by atoms with Crippen LogP contribution < -0.4 is 11.1 Å². The van der Waals surface area contributed by atoms with Gasteiger partial charge in [0.2, 0.25) is 0 Å². The van der Waals surface area contributed by atoms with Crippen LogP contribution in [0.1, 0.15) is 30.8 Å². The molecule has 5 nitrogen and oxygen atoms in total. The fourth-order valence-electron chi connectivity index (χ4n) is 1.96. The normalized spacial score (nSPS) is 21.8. The number of aromatic nitrogens is 2. The van der Waals surface area contributed by atoms with Gasteiger partial charge < -0.3 is 11.1 Å². The number of aryl methyl sites for hydroxylation is 1. The molecule has 2 rings (SSSR count). The lowest BCUT2D eigenvalue weighted by Gasteiger charge is -2.07. The molecule has 88 valence electrons. The Balaban J connectivity index is 1.94. The van der Waals surface area contributed by atoms with Crippen molar-refractivity contribution < 1.29 is 4.79 Å². The van der Waals surface area contributed by atoms with Crippen LogP contribution in [-0.2, 0) is 7.05 Å². The molecule has 1 aliphatic carbocycles. The Labute approximate surface area is 95.0 Å². The number of nitrogens with one attached hydrogen (secondary N) is 1. The van der Waals surface area contributed by atoms with Gasteiger partial charge in [0.1, 0.15) is 5.69 Å². The molecule has 1 amide bonds. The molecule has 1 heterocycles. The lowest BCUT2D eigenvalue weighted by Crippen LogP contribution is -2.29. The van der Waals surface area contributed by atoms with Crippen LogP contribution in [-0.4, -0.2) is 22.2 Å². The number of carbonyl (C=O) groups is 1. The zero-order valence-corrected chi connectivity index (χ0v) is 9.95. The second kappa shape index (κ2) is 3.50. The predicted octanol–water partition coefficient (Wildman–Crippen LogP) is 0.778. The minimum atomic E-state index is -0.139. The number of anilines is 1. The van der Waals surface area contributed by atoms with Crippen LogP contribution in [0.4, 0.5) is 5.69 Å². The monoisotopic (exact) mass is 222 g/mol. The highest BCUT2D eigenvalue weighted by atomic mass is 16.2. The molecule has 16 heavy (non-hydrogen) atoms. The summed E-state index contributed by atoms with van der Waals surface area (Å²) in [6.07, 6.45) is 2.67. The van der Waals surface area contributed by atoms with E-state index in [1.807, 2.05) is 0 Å². The molecule has 1 aliphatic rings. The van der Waals surface area contributed by atoms with E-state index in [1.54, 1.807) is 7.05 Å². The summed E-state index contributed by atoms with van der Waals surface area (Å²) in [5, 5.41) is 6.84. The first-order valence-electron chi connectivity index (χ1n) is 5.47. The van der Waals surface area contributed by atoms with Gasteiger partial charge in [-0.3, -0.25) is 9.48 Å². The second-order valence-corrected chi connectivity index (χ2v) is 5.17. The van der Waals surface area contributed by atoms with Gasteiger partial charge in [0, 0.05) is 13.6 Å². The van der Waals surface area contributed by atoms with E-state index in [0.29, 0.717) is 22.7 Å². The molecule has 0 aromatic carbocycles. The van der Waals surface area contributed by atoms with Crippen molar-refractivity contribution in [1.29, 1.82) is 0 Å². The second-order valence-electron chi connectivity index (χ2n) is 5.17. The number of rotatable bonds is 3. The minimum Gasteiger partial charge on any atom is -0.396 e. The maximum absolute atomic E-state index is 11.8. The molecule has 0 aliphatic heterocycles. The largest absolute Gasteiger partial charge is 0.396 e. The Bertz CT molecular complexity index is 402. The standard InChI is InChI=1S/C11H18N4O/c1-11(2)4-7(11)5-13-10(16)9-8(12)6-14-15(9)3/h6-7H,4-5,12H2,1-3H3,(H,13,16). The number of nitrogens with zero attached hydrogens (tertiary/aromatic N) is 2. The van der Waals surface area contributed by atoms with E-state index in [0.717, 1.165) is 6.54 Å². The van der Waals surface area contributed by atoms with Gasteiger partial charge >= 0.3 is 0 Å². The molecule has 3 N–H and O–H groups in total. The van der Waals surface area contributed by atoms with E-state index in [9.17, 15) is 4.79 Å². The summed E-state index contributed by atoms with van der Waals surface area (Å²) in [7, 11) is 1.71. The Kier molecular flexibility index (Phi) is 2.40. The first kappa shape index (κ1) is 11.0. The summed E-state index contributed by atoms with van der Waals surface area (Å²) in [4.78, 5) is 11.8. The van der Waals surface area contributed by atoms with Crippen LogP contribution in [0.15, 0.2) is 6.20 Å². The zero-order chi connectivity index (χ0) is 11.9. The summed E-state index contributed by atoms with van der Waals surface area (Å²) in [6, 6.07) is 0. The molecule has 0 saturated heterocycles. The molecule has 1 unspecified atom stereocenters. The van der Waals surface area contributed by atoms with Crippen LogP contribution in [0.5, 0.6) is 0 Å². The van der Waals surface area contributed by atoms with E-state index < -0.39 is 0 Å². The third-order valence-corrected chi connectivity index (χ3v) is 3.41. The molecule has 0 radical (unpaired) electrons. The fourth-order valence-corrected chi connectivity index (χ4v) is 1.96. The van der Waals surface area contributed by atoms with Crippen molar-refractivity contribution in [3.63, 3.8) is 0 Å². The molecule has 1 atom stereocenters. The molecular formula is C11H18N4O. The zero-order valence-electron chi connectivity index (χ0n) is 9.95.